The maximum Gasteiger partial charge on any atom is 1.00 e. The van der Waals surface area contributed by atoms with Gasteiger partial charge in [-0.3, -0.25) is 9.59 Å². The molecule has 4 aromatic carbocycles. The minimum Gasteiger partial charge on any atom is -0.467 e. The molecule has 3 heterocycles. The zero-order valence-electron chi connectivity index (χ0n) is 42.8. The molecule has 1 atom stereocenters. The first-order chi connectivity index (χ1) is 37.2. The molecule has 0 bridgehead atoms. The Balaban J connectivity index is 0.000000258. The van der Waals surface area contributed by atoms with Crippen LogP contribution in [-0.2, 0) is 40.0 Å². The van der Waals surface area contributed by atoms with E-state index in [1.807, 2.05) is 22.6 Å². The van der Waals surface area contributed by atoms with Crippen molar-refractivity contribution in [3.63, 3.8) is 0 Å². The number of rotatable bonds is 14. The van der Waals surface area contributed by atoms with Gasteiger partial charge in [0.15, 0.2) is 17.5 Å². The number of aromatic nitrogens is 4. The first-order valence-electron chi connectivity index (χ1n) is 22.4. The van der Waals surface area contributed by atoms with Crippen molar-refractivity contribution in [2.75, 3.05) is 43.1 Å². The van der Waals surface area contributed by atoms with Gasteiger partial charge < -0.3 is 39.0 Å². The number of urea groups is 1. The number of carbonyl (C=O) groups is 5. The number of aryl methyl sites for hydroxylation is 1. The average Bonchev–Trinajstić information content (AvgIpc) is 3.97. The standard InChI is InChI=1S/C19H11F5N2O2.C16H18Cl2N2O4.C14H14IN5O6S.Na/c20-12-6-7-16(15(21)10-12)26-17(27)14-5-2-8-25-18(14)28-13-4-1-3-11(9-13)19(22,23)24;1-4-23-14(21)12-9-16(3,15(22)24-5-2)20(19-12)13-7-6-10(17)8-11(13)18;1-7-16-12(19-14(17-7)26-3)18-13(22)20-27(23,24)10-6-8(15)4-5-9(10)11(21)25-2;/h1-10H,(H,26,27);6-8H,4-5,9H2,1-3H3;4-6H,1-3H3,(H2,16,17,18,19,20,22);/q;;;+1/p-1. The molecule has 0 spiro atoms. The number of esters is 3. The van der Waals surface area contributed by atoms with Crippen molar-refractivity contribution in [1.82, 2.24) is 19.9 Å². The van der Waals surface area contributed by atoms with E-state index in [1.165, 1.54) is 61.6 Å². The number of hydrazone groups is 1. The number of anilines is 3. The van der Waals surface area contributed by atoms with E-state index in [9.17, 15) is 54.3 Å². The average molecular weight is 1300 g/mol. The van der Waals surface area contributed by atoms with Crippen molar-refractivity contribution in [2.24, 2.45) is 5.10 Å². The molecule has 0 aliphatic carbocycles. The van der Waals surface area contributed by atoms with E-state index in [2.05, 4.69) is 45.1 Å². The summed E-state index contributed by atoms with van der Waals surface area (Å²) >= 11 is 14.0. The van der Waals surface area contributed by atoms with Crippen LogP contribution in [0, 0.1) is 22.1 Å². The summed E-state index contributed by atoms with van der Waals surface area (Å²) in [5, 5.41) is 10.8. The predicted octanol–water partition coefficient (Wildman–Crippen LogP) is 7.75. The first-order valence-corrected chi connectivity index (χ1v) is 25.7. The third-order valence-corrected chi connectivity index (χ3v) is 12.6. The molecule has 1 unspecified atom stereocenters. The number of amides is 3. The van der Waals surface area contributed by atoms with Gasteiger partial charge in [-0.1, -0.05) is 29.3 Å². The molecule has 6 aromatic rings. The second kappa shape index (κ2) is 29.1. The Morgan fingerprint density at radius 2 is 1.56 bits per heavy atom. The number of carbonyl (C=O) groups excluding carboxylic acids is 5. The maximum absolute atomic E-state index is 13.7. The Bertz CT molecular complexity index is 3430. The number of ether oxygens (including phenoxy) is 5. The van der Waals surface area contributed by atoms with Gasteiger partial charge in [0.1, 0.15) is 34.5 Å². The Hall–Kier alpha value is -6.83. The third-order valence-electron chi connectivity index (χ3n) is 10.1. The normalized spacial score (nSPS) is 13.5. The van der Waals surface area contributed by atoms with Crippen LogP contribution >= 0.6 is 45.8 Å². The summed E-state index contributed by atoms with van der Waals surface area (Å²) < 4.78 is 119. The van der Waals surface area contributed by atoms with Crippen LogP contribution < -0.4 is 54.7 Å². The summed E-state index contributed by atoms with van der Waals surface area (Å²) in [6, 6.07) is 16.8. The van der Waals surface area contributed by atoms with E-state index >= 15 is 0 Å². The summed E-state index contributed by atoms with van der Waals surface area (Å²) in [6.45, 7) is 7.02. The molecule has 1 aliphatic rings. The van der Waals surface area contributed by atoms with Crippen molar-refractivity contribution >= 4 is 109 Å². The fraction of sp³-hybridized carbons (Fsp3) is 0.224. The minimum absolute atomic E-state index is 0. The number of halogens is 8. The molecule has 31 heteroatoms. The van der Waals surface area contributed by atoms with Crippen LogP contribution in [0.4, 0.5) is 44.1 Å². The number of alkyl halides is 3. The SMILES string of the molecule is CCOC(=O)C1=NN(c2ccc(Cl)cc2Cl)C(C)(C(=O)OCC)C1.COC(=O)c1ccc(I)cc1S(=O)(=O)[N-]C(=O)Nc1nc(C)nc(OC)n1.O=C(Nc1ccc(F)cc1F)c1cccnc1Oc1cccc(C(F)(F)F)c1.[Na+]. The smallest absolute Gasteiger partial charge is 0.467 e. The van der Waals surface area contributed by atoms with Gasteiger partial charge in [0.2, 0.25) is 15.9 Å². The first kappa shape index (κ1) is 65.7. The van der Waals surface area contributed by atoms with Crippen molar-refractivity contribution in [2.45, 2.75) is 50.7 Å². The Morgan fingerprint density at radius 1 is 0.850 bits per heavy atom. The molecular formula is C49H42Cl2F5IN9NaO12S. The number of benzene rings is 4. The number of nitrogens with one attached hydrogen (secondary N) is 2. The van der Waals surface area contributed by atoms with E-state index in [4.69, 9.17) is 42.1 Å². The molecule has 0 saturated carbocycles. The van der Waals surface area contributed by atoms with Gasteiger partial charge in [0, 0.05) is 27.3 Å². The molecular weight excluding hydrogens is 1250 g/mol. The van der Waals surface area contributed by atoms with Crippen LogP contribution in [0.1, 0.15) is 59.3 Å². The zero-order valence-corrected chi connectivity index (χ0v) is 49.3. The molecule has 80 heavy (non-hydrogen) atoms. The Labute approximate surface area is 498 Å². The molecule has 2 N–H and O–H groups in total. The fourth-order valence-electron chi connectivity index (χ4n) is 6.56. The van der Waals surface area contributed by atoms with Crippen LogP contribution in [-0.4, -0.2) is 96.9 Å². The van der Waals surface area contributed by atoms with Crippen LogP contribution in [0.3, 0.4) is 0 Å². The quantitative estimate of drug-likeness (QED) is 0.0347. The zero-order chi connectivity index (χ0) is 58.4. The Kier molecular flexibility index (Phi) is 23.9. The second-order valence-electron chi connectivity index (χ2n) is 15.7. The summed E-state index contributed by atoms with van der Waals surface area (Å²) in [5.41, 5.74) is -2.21. The van der Waals surface area contributed by atoms with E-state index in [0.29, 0.717) is 25.4 Å². The topological polar surface area (TPSA) is 271 Å². The monoisotopic (exact) mass is 1300 g/mol. The van der Waals surface area contributed by atoms with Crippen LogP contribution in [0.25, 0.3) is 4.72 Å². The Morgan fingerprint density at radius 3 is 2.20 bits per heavy atom. The van der Waals surface area contributed by atoms with E-state index in [-0.39, 0.29) is 101 Å². The summed E-state index contributed by atoms with van der Waals surface area (Å²) in [5.74, 6) is -5.04. The fourth-order valence-corrected chi connectivity index (χ4v) is 8.81. The van der Waals surface area contributed by atoms with E-state index < -0.39 is 73.7 Å². The predicted molar refractivity (Wildman–Crippen MR) is 284 cm³/mol. The number of methoxy groups -OCH3 is 2. The molecule has 0 saturated heterocycles. The molecule has 0 radical (unpaired) electrons. The molecule has 0 fully saturated rings. The van der Waals surface area contributed by atoms with Gasteiger partial charge in [0.25, 0.3) is 5.91 Å². The number of hydrogen-bond donors (Lipinski definition) is 2. The van der Waals surface area contributed by atoms with E-state index in [0.717, 1.165) is 37.4 Å². The number of sulfonamides is 1. The van der Waals surface area contributed by atoms with Gasteiger partial charge in [-0.05, 0) is 129 Å². The summed E-state index contributed by atoms with van der Waals surface area (Å²) in [7, 11) is -2.08. The molecule has 3 amide bonds. The second-order valence-corrected chi connectivity index (χ2v) is 19.4. The molecule has 21 nitrogen and oxygen atoms in total. The van der Waals surface area contributed by atoms with Crippen LogP contribution in [0.15, 0.2) is 107 Å². The molecule has 2 aromatic heterocycles. The van der Waals surface area contributed by atoms with E-state index in [1.54, 1.807) is 39.0 Å². The van der Waals surface area contributed by atoms with Gasteiger partial charge in [-0.15, -0.1) is 0 Å². The van der Waals surface area contributed by atoms with Crippen molar-refractivity contribution in [3.8, 4) is 17.6 Å². The molecule has 418 valence electrons. The number of hydrogen-bond acceptors (Lipinski definition) is 18. The summed E-state index contributed by atoms with van der Waals surface area (Å²) in [4.78, 5) is 75.6. The molecule has 1 aliphatic heterocycles. The van der Waals surface area contributed by atoms with Crippen LogP contribution in [0.5, 0.6) is 17.6 Å². The van der Waals surface area contributed by atoms with Gasteiger partial charge in [-0.25, -0.2) is 46.6 Å². The van der Waals surface area contributed by atoms with Gasteiger partial charge in [0.05, 0.1) is 59.9 Å². The largest absolute Gasteiger partial charge is 1.00 e. The van der Waals surface area contributed by atoms with Crippen LogP contribution in [0.2, 0.25) is 10.0 Å². The minimum atomic E-state index is -4.57. The van der Waals surface area contributed by atoms with Gasteiger partial charge >= 0.3 is 59.7 Å². The van der Waals surface area contributed by atoms with Crippen molar-refractivity contribution in [1.29, 1.82) is 0 Å². The summed E-state index contributed by atoms with van der Waals surface area (Å²) in [6.07, 6.45) is -3.23. The van der Waals surface area contributed by atoms with Crippen molar-refractivity contribution < 1.29 is 108 Å². The molecule has 7 rings (SSSR count). The third kappa shape index (κ3) is 17.6. The van der Waals surface area contributed by atoms with Gasteiger partial charge in [-0.2, -0.15) is 28.2 Å². The maximum atomic E-state index is 13.7. The number of pyridine rings is 1. The number of nitrogens with zero attached hydrogens (tertiary/aromatic N) is 7. The van der Waals surface area contributed by atoms with Crippen molar-refractivity contribution in [3.05, 3.63) is 150 Å².